The average Bonchev–Trinajstić information content (AvgIpc) is 2.75. The second kappa shape index (κ2) is 12.6. The van der Waals surface area contributed by atoms with E-state index in [2.05, 4.69) is 10.6 Å². The Balaban J connectivity index is 2.84. The molecule has 1 rings (SSSR count). The molecule has 0 aliphatic rings. The fourth-order valence-corrected chi connectivity index (χ4v) is 2.67. The largest absolute Gasteiger partial charge is 0.481 e. The maximum atomic E-state index is 12.3. The number of hydrogen-bond donors (Lipinski definition) is 8. The van der Waals surface area contributed by atoms with E-state index < -0.39 is 67.2 Å². The Morgan fingerprint density at radius 3 is 2.16 bits per heavy atom. The van der Waals surface area contributed by atoms with E-state index in [-0.39, 0.29) is 6.42 Å². The summed E-state index contributed by atoms with van der Waals surface area (Å²) in [4.78, 5) is 35.3. The summed E-state index contributed by atoms with van der Waals surface area (Å²) in [5, 5.41) is 61.9. The maximum absolute atomic E-state index is 12.3. The highest BCUT2D eigenvalue weighted by Crippen LogP contribution is 2.17. The van der Waals surface area contributed by atoms with Crippen molar-refractivity contribution < 1.29 is 39.9 Å². The molecule has 170 valence electrons. The highest BCUT2D eigenvalue weighted by molar-refractivity contribution is 5.83. The van der Waals surface area contributed by atoms with Crippen LogP contribution < -0.4 is 16.4 Å². The van der Waals surface area contributed by atoms with Gasteiger partial charge in [0.25, 0.3) is 5.91 Å². The third-order valence-corrected chi connectivity index (χ3v) is 4.42. The van der Waals surface area contributed by atoms with Crippen LogP contribution in [-0.4, -0.2) is 80.3 Å². The van der Waals surface area contributed by atoms with Crippen molar-refractivity contribution in [3.05, 3.63) is 35.9 Å². The number of carbonyl (C=O) groups is 3. The third-order valence-electron chi connectivity index (χ3n) is 4.42. The number of aliphatic carboxylic acids is 1. The average molecular weight is 438 g/mol. The van der Waals surface area contributed by atoms with Gasteiger partial charge in [-0.3, -0.25) is 14.4 Å². The second-order valence-electron chi connectivity index (χ2n) is 6.76. The van der Waals surface area contributed by atoms with Gasteiger partial charge in [-0.1, -0.05) is 30.3 Å². The molecule has 0 spiro atoms. The van der Waals surface area contributed by atoms with Gasteiger partial charge in [-0.15, -0.1) is 0 Å². The number of hydrogen-bond acceptors (Lipinski definition) is 9. The number of benzene rings is 1. The molecular formula is C19H26N4O8. The molecule has 0 saturated heterocycles. The quantitative estimate of drug-likeness (QED) is 0.166. The van der Waals surface area contributed by atoms with Gasteiger partial charge in [0, 0.05) is 0 Å². The molecule has 12 nitrogen and oxygen atoms in total. The summed E-state index contributed by atoms with van der Waals surface area (Å²) < 4.78 is 0. The molecule has 31 heavy (non-hydrogen) atoms. The van der Waals surface area contributed by atoms with Crippen LogP contribution in [0.2, 0.25) is 0 Å². The SMILES string of the molecule is N#CCC(N)C(=O)N[C@@H](CO)[C@@H](O)[C@@H](O)[C@H](O)C(=O)NC(CC(=O)O)c1ccccc1. The zero-order valence-electron chi connectivity index (χ0n) is 16.5. The smallest absolute Gasteiger partial charge is 0.305 e. The molecule has 0 aliphatic carbocycles. The molecule has 0 fully saturated rings. The number of amides is 2. The van der Waals surface area contributed by atoms with Crippen LogP contribution in [0.1, 0.15) is 24.4 Å². The van der Waals surface area contributed by atoms with Gasteiger partial charge >= 0.3 is 5.97 Å². The minimum absolute atomic E-state index is 0.335. The number of nitrogens with two attached hydrogens (primary N) is 1. The molecule has 6 atom stereocenters. The van der Waals surface area contributed by atoms with Crippen LogP contribution in [-0.2, 0) is 14.4 Å². The zero-order valence-corrected chi connectivity index (χ0v) is 16.5. The number of aliphatic hydroxyl groups is 4. The van der Waals surface area contributed by atoms with Crippen molar-refractivity contribution in [1.29, 1.82) is 5.26 Å². The number of rotatable bonds is 12. The molecule has 2 amide bonds. The first-order valence-corrected chi connectivity index (χ1v) is 9.27. The molecular weight excluding hydrogens is 412 g/mol. The van der Waals surface area contributed by atoms with Gasteiger partial charge in [0.1, 0.15) is 12.2 Å². The van der Waals surface area contributed by atoms with E-state index in [0.29, 0.717) is 5.56 Å². The van der Waals surface area contributed by atoms with Crippen LogP contribution in [0.5, 0.6) is 0 Å². The van der Waals surface area contributed by atoms with E-state index in [4.69, 9.17) is 16.1 Å². The summed E-state index contributed by atoms with van der Waals surface area (Å²) in [5.74, 6) is -3.29. The van der Waals surface area contributed by atoms with Gasteiger partial charge in [-0.2, -0.15) is 5.26 Å². The van der Waals surface area contributed by atoms with Crippen molar-refractivity contribution in [1.82, 2.24) is 10.6 Å². The van der Waals surface area contributed by atoms with E-state index >= 15 is 0 Å². The van der Waals surface area contributed by atoms with Crippen LogP contribution in [0.15, 0.2) is 30.3 Å². The van der Waals surface area contributed by atoms with Crippen molar-refractivity contribution in [3.8, 4) is 6.07 Å². The zero-order chi connectivity index (χ0) is 23.6. The van der Waals surface area contributed by atoms with Crippen LogP contribution in [0.4, 0.5) is 0 Å². The monoisotopic (exact) mass is 438 g/mol. The Bertz CT molecular complexity index is 785. The molecule has 9 N–H and O–H groups in total. The minimum Gasteiger partial charge on any atom is -0.481 e. The molecule has 0 heterocycles. The molecule has 1 aromatic rings. The Hall–Kier alpha value is -3.08. The van der Waals surface area contributed by atoms with Crippen molar-refractivity contribution in [2.75, 3.05) is 6.61 Å². The third kappa shape index (κ3) is 7.93. The van der Waals surface area contributed by atoms with E-state index in [1.807, 2.05) is 0 Å². The van der Waals surface area contributed by atoms with Crippen LogP contribution in [0, 0.1) is 11.3 Å². The van der Waals surface area contributed by atoms with Crippen molar-refractivity contribution >= 4 is 17.8 Å². The topological polar surface area (TPSA) is 226 Å². The normalized spacial score (nSPS) is 16.6. The van der Waals surface area contributed by atoms with Gasteiger partial charge < -0.3 is 41.9 Å². The number of aliphatic hydroxyl groups excluding tert-OH is 4. The van der Waals surface area contributed by atoms with E-state index in [0.717, 1.165) is 0 Å². The molecule has 0 saturated carbocycles. The standard InChI is InChI=1S/C19H26N4O8/c20-7-6-11(21)18(30)23-13(9-24)15(27)16(28)17(29)19(31)22-12(8-14(25)26)10-4-2-1-3-5-10/h1-5,11-13,15-17,24,27-29H,6,8-9,21H2,(H,22,31)(H,23,30)(H,25,26)/t11?,12?,13-,15+,16+,17-/m0/s1. The van der Waals surface area contributed by atoms with Crippen LogP contribution in [0.3, 0.4) is 0 Å². The lowest BCUT2D eigenvalue weighted by Crippen LogP contribution is -2.58. The fraction of sp³-hybridized carbons (Fsp3) is 0.474. The Morgan fingerprint density at radius 1 is 1.03 bits per heavy atom. The lowest BCUT2D eigenvalue weighted by Gasteiger charge is -2.29. The highest BCUT2D eigenvalue weighted by Gasteiger charge is 2.37. The second-order valence-corrected chi connectivity index (χ2v) is 6.76. The van der Waals surface area contributed by atoms with Gasteiger partial charge in [-0.25, -0.2) is 0 Å². The van der Waals surface area contributed by atoms with Gasteiger partial charge in [-0.05, 0) is 5.56 Å². The van der Waals surface area contributed by atoms with Gasteiger partial charge in [0.2, 0.25) is 5.91 Å². The number of nitrogens with one attached hydrogen (secondary N) is 2. The van der Waals surface area contributed by atoms with E-state index in [9.17, 15) is 34.8 Å². The summed E-state index contributed by atoms with van der Waals surface area (Å²) in [6, 6.07) is 5.95. The van der Waals surface area contributed by atoms with Crippen molar-refractivity contribution in [3.63, 3.8) is 0 Å². The predicted octanol–water partition coefficient (Wildman–Crippen LogP) is -2.88. The van der Waals surface area contributed by atoms with Crippen molar-refractivity contribution in [2.24, 2.45) is 5.73 Å². The first-order valence-electron chi connectivity index (χ1n) is 9.27. The summed E-state index contributed by atoms with van der Waals surface area (Å²) >= 11 is 0. The van der Waals surface area contributed by atoms with E-state index in [1.54, 1.807) is 36.4 Å². The summed E-state index contributed by atoms with van der Waals surface area (Å²) in [5.41, 5.74) is 5.88. The Kier molecular flexibility index (Phi) is 10.5. The minimum atomic E-state index is -2.21. The first-order chi connectivity index (χ1) is 14.6. The Labute approximate surface area is 177 Å². The number of nitriles is 1. The van der Waals surface area contributed by atoms with Gasteiger partial charge in [0.15, 0.2) is 6.10 Å². The fourth-order valence-electron chi connectivity index (χ4n) is 2.67. The number of carbonyl (C=O) groups excluding carboxylic acids is 2. The van der Waals surface area contributed by atoms with Crippen LogP contribution in [0.25, 0.3) is 0 Å². The molecule has 0 bridgehead atoms. The summed E-state index contributed by atoms with van der Waals surface area (Å²) in [6.45, 7) is -0.872. The summed E-state index contributed by atoms with van der Waals surface area (Å²) in [6.07, 6.45) is -7.19. The summed E-state index contributed by atoms with van der Waals surface area (Å²) in [7, 11) is 0. The lowest BCUT2D eigenvalue weighted by molar-refractivity contribution is -0.145. The van der Waals surface area contributed by atoms with Gasteiger partial charge in [0.05, 0.1) is 43.6 Å². The number of carboxylic acid groups (broad SMARTS) is 1. The van der Waals surface area contributed by atoms with Crippen molar-refractivity contribution in [2.45, 2.75) is 49.3 Å². The maximum Gasteiger partial charge on any atom is 0.305 e. The van der Waals surface area contributed by atoms with E-state index in [1.165, 1.54) is 0 Å². The van der Waals surface area contributed by atoms with Crippen LogP contribution >= 0.6 is 0 Å². The Morgan fingerprint density at radius 2 is 1.65 bits per heavy atom. The lowest BCUT2D eigenvalue weighted by atomic mass is 9.99. The first kappa shape index (κ1) is 26.0. The molecule has 1 aromatic carbocycles. The molecule has 0 radical (unpaired) electrons. The molecule has 0 aliphatic heterocycles. The molecule has 2 unspecified atom stereocenters. The number of carboxylic acids is 1. The molecule has 0 aromatic heterocycles. The predicted molar refractivity (Wildman–Crippen MR) is 105 cm³/mol. The molecule has 12 heteroatoms. The number of nitrogens with zero attached hydrogens (tertiary/aromatic N) is 1. The highest BCUT2D eigenvalue weighted by atomic mass is 16.4.